The Labute approximate surface area is 200 Å². The number of nitrogens with zero attached hydrogens (tertiary/aromatic N) is 1. The molecule has 4 N–H and O–H groups in total. The Bertz CT molecular complexity index is 1090. The van der Waals surface area contributed by atoms with Crippen LogP contribution in [0, 0.1) is 12.3 Å². The Hall–Kier alpha value is -3.89. The van der Waals surface area contributed by atoms with Crippen molar-refractivity contribution in [3.8, 4) is 0 Å². The number of rotatable bonds is 5. The number of piperidine rings is 1. The van der Waals surface area contributed by atoms with Crippen LogP contribution in [-0.4, -0.2) is 53.9 Å². The van der Waals surface area contributed by atoms with Gasteiger partial charge in [0.15, 0.2) is 0 Å². The third-order valence-corrected chi connectivity index (χ3v) is 5.62. The van der Waals surface area contributed by atoms with E-state index in [2.05, 4.69) is 10.6 Å². The topological polar surface area (TPSA) is 114 Å². The number of carbonyl (C=O) groups excluding carboxylic acids is 3. The van der Waals surface area contributed by atoms with Gasteiger partial charge in [0.2, 0.25) is 0 Å². The second-order valence-electron chi connectivity index (χ2n) is 8.25. The summed E-state index contributed by atoms with van der Waals surface area (Å²) in [6.07, 6.45) is -2.61. The van der Waals surface area contributed by atoms with E-state index in [9.17, 15) is 27.6 Å². The lowest BCUT2D eigenvalue weighted by Crippen LogP contribution is -2.50. The molecule has 2 aromatic carbocycles. The lowest BCUT2D eigenvalue weighted by atomic mass is 10.0. The number of aryl methyl sites for hydroxylation is 1. The van der Waals surface area contributed by atoms with Crippen LogP contribution in [0.4, 0.5) is 23.7 Å². The van der Waals surface area contributed by atoms with Gasteiger partial charge in [-0.2, -0.15) is 13.2 Å². The van der Waals surface area contributed by atoms with Crippen molar-refractivity contribution < 1.29 is 27.6 Å². The average molecular weight is 489 g/mol. The maximum atomic E-state index is 12.9. The second kappa shape index (κ2) is 11.0. The number of nitrogens with one attached hydrogen (secondary N) is 4. The molecule has 2 aromatic rings. The van der Waals surface area contributed by atoms with Crippen molar-refractivity contribution in [1.82, 2.24) is 15.5 Å². The van der Waals surface area contributed by atoms with Crippen molar-refractivity contribution in [3.63, 3.8) is 0 Å². The van der Waals surface area contributed by atoms with E-state index in [1.165, 1.54) is 29.6 Å². The average Bonchev–Trinajstić information content (AvgIpc) is 2.83. The number of halogens is 3. The molecule has 1 saturated heterocycles. The van der Waals surface area contributed by atoms with E-state index in [0.717, 1.165) is 24.8 Å². The minimum atomic E-state index is -5.09. The minimum Gasteiger partial charge on any atom is -0.350 e. The van der Waals surface area contributed by atoms with Gasteiger partial charge >= 0.3 is 18.1 Å². The molecule has 35 heavy (non-hydrogen) atoms. The van der Waals surface area contributed by atoms with Crippen molar-refractivity contribution in [2.45, 2.75) is 38.4 Å². The molecule has 0 aromatic heterocycles. The fourth-order valence-electron chi connectivity index (χ4n) is 3.67. The highest BCUT2D eigenvalue weighted by Gasteiger charge is 2.39. The molecule has 1 atom stereocenters. The van der Waals surface area contributed by atoms with Gasteiger partial charge in [0.05, 0.1) is 6.04 Å². The van der Waals surface area contributed by atoms with Gasteiger partial charge < -0.3 is 20.9 Å². The van der Waals surface area contributed by atoms with E-state index in [4.69, 9.17) is 5.41 Å². The van der Waals surface area contributed by atoms with Crippen LogP contribution in [0.1, 0.15) is 40.7 Å². The summed E-state index contributed by atoms with van der Waals surface area (Å²) in [5.41, 5.74) is 2.02. The Kier molecular flexibility index (Phi) is 8.10. The number of amides is 4. The molecule has 1 aliphatic rings. The minimum absolute atomic E-state index is 0.0512. The van der Waals surface area contributed by atoms with Crippen LogP contribution in [0.15, 0.2) is 48.5 Å². The van der Waals surface area contributed by atoms with Gasteiger partial charge in [0.25, 0.3) is 5.91 Å². The molecule has 186 valence electrons. The van der Waals surface area contributed by atoms with Gasteiger partial charge in [-0.3, -0.25) is 15.0 Å². The summed E-state index contributed by atoms with van der Waals surface area (Å²) in [5.74, 6) is -3.15. The fraction of sp³-hybridized carbons (Fsp3) is 0.333. The Morgan fingerprint density at radius 3 is 2.26 bits per heavy atom. The normalized spacial score (nSPS) is 15.8. The summed E-state index contributed by atoms with van der Waals surface area (Å²) < 4.78 is 37.1. The highest BCUT2D eigenvalue weighted by atomic mass is 19.4. The van der Waals surface area contributed by atoms with E-state index in [1.54, 1.807) is 17.0 Å². The summed E-state index contributed by atoms with van der Waals surface area (Å²) in [7, 11) is 0. The molecular formula is C24H26F3N5O3. The molecule has 0 radical (unpaired) electrons. The van der Waals surface area contributed by atoms with E-state index < -0.39 is 17.9 Å². The van der Waals surface area contributed by atoms with E-state index in [1.807, 2.05) is 19.1 Å². The van der Waals surface area contributed by atoms with Gasteiger partial charge in [-0.05, 0) is 62.6 Å². The zero-order chi connectivity index (χ0) is 25.6. The molecule has 1 unspecified atom stereocenters. The number of hydrogen-bond acceptors (Lipinski definition) is 4. The third-order valence-electron chi connectivity index (χ3n) is 5.62. The van der Waals surface area contributed by atoms with Gasteiger partial charge in [0.1, 0.15) is 5.84 Å². The van der Waals surface area contributed by atoms with Crippen LogP contribution in [-0.2, 0) is 4.79 Å². The largest absolute Gasteiger partial charge is 0.471 e. The number of carbonyl (C=O) groups is 3. The van der Waals surface area contributed by atoms with Crippen molar-refractivity contribution in [2.75, 3.05) is 18.4 Å². The molecule has 8 nitrogen and oxygen atoms in total. The summed E-state index contributed by atoms with van der Waals surface area (Å²) in [5, 5.41) is 14.7. The SMILES string of the molecule is Cc1ccc(C(=O)NCC2CCCCN2C(=O)Nc2ccc(C(=N)NC(=O)C(F)(F)F)cc2)cc1. The number of amidine groups is 1. The van der Waals surface area contributed by atoms with Crippen molar-refractivity contribution >= 4 is 29.4 Å². The molecule has 0 saturated carbocycles. The van der Waals surface area contributed by atoms with Crippen molar-refractivity contribution in [1.29, 1.82) is 5.41 Å². The first kappa shape index (κ1) is 25.7. The Balaban J connectivity index is 1.57. The molecule has 3 rings (SSSR count). The van der Waals surface area contributed by atoms with E-state index >= 15 is 0 Å². The van der Waals surface area contributed by atoms with Gasteiger partial charge in [-0.1, -0.05) is 17.7 Å². The zero-order valence-electron chi connectivity index (χ0n) is 19.0. The maximum absolute atomic E-state index is 12.9. The third kappa shape index (κ3) is 7.05. The zero-order valence-corrected chi connectivity index (χ0v) is 19.0. The molecular weight excluding hydrogens is 463 g/mol. The monoisotopic (exact) mass is 489 g/mol. The molecule has 11 heteroatoms. The molecule has 4 amide bonds. The van der Waals surface area contributed by atoms with Crippen molar-refractivity contribution in [2.24, 2.45) is 0 Å². The highest BCUT2D eigenvalue weighted by molar-refractivity contribution is 6.07. The second-order valence-corrected chi connectivity index (χ2v) is 8.25. The first-order valence-electron chi connectivity index (χ1n) is 11.0. The van der Waals surface area contributed by atoms with Gasteiger partial charge in [-0.25, -0.2) is 4.79 Å². The Morgan fingerprint density at radius 2 is 1.63 bits per heavy atom. The van der Waals surface area contributed by atoms with Crippen LogP contribution >= 0.6 is 0 Å². The first-order chi connectivity index (χ1) is 16.5. The molecule has 1 heterocycles. The molecule has 0 aliphatic carbocycles. The maximum Gasteiger partial charge on any atom is 0.471 e. The fourth-order valence-corrected chi connectivity index (χ4v) is 3.67. The van der Waals surface area contributed by atoms with Gasteiger partial charge in [-0.15, -0.1) is 0 Å². The molecule has 0 spiro atoms. The van der Waals surface area contributed by atoms with Crippen LogP contribution in [0.5, 0.6) is 0 Å². The summed E-state index contributed by atoms with van der Waals surface area (Å²) in [6.45, 7) is 2.75. The number of benzene rings is 2. The number of alkyl halides is 3. The van der Waals surface area contributed by atoms with E-state index in [-0.39, 0.29) is 23.5 Å². The van der Waals surface area contributed by atoms with Crippen LogP contribution in [0.25, 0.3) is 0 Å². The smallest absolute Gasteiger partial charge is 0.350 e. The van der Waals surface area contributed by atoms with Crippen molar-refractivity contribution in [3.05, 3.63) is 65.2 Å². The number of urea groups is 1. The van der Waals surface area contributed by atoms with Crippen LogP contribution in [0.2, 0.25) is 0 Å². The predicted molar refractivity (Wildman–Crippen MR) is 124 cm³/mol. The Morgan fingerprint density at radius 1 is 1.00 bits per heavy atom. The number of hydrogen-bond donors (Lipinski definition) is 4. The van der Waals surface area contributed by atoms with Crippen LogP contribution in [0.3, 0.4) is 0 Å². The van der Waals surface area contributed by atoms with Gasteiger partial charge in [0, 0.05) is 29.9 Å². The summed E-state index contributed by atoms with van der Waals surface area (Å²) in [6, 6.07) is 12.1. The summed E-state index contributed by atoms with van der Waals surface area (Å²) in [4.78, 5) is 38.0. The molecule has 1 aliphatic heterocycles. The lowest BCUT2D eigenvalue weighted by molar-refractivity contribution is -0.171. The molecule has 0 bridgehead atoms. The predicted octanol–water partition coefficient (Wildman–Crippen LogP) is 3.82. The number of likely N-dealkylation sites (tertiary alicyclic amines) is 1. The quantitative estimate of drug-likeness (QED) is 0.378. The lowest BCUT2D eigenvalue weighted by Gasteiger charge is -2.35. The summed E-state index contributed by atoms with van der Waals surface area (Å²) >= 11 is 0. The molecule has 1 fully saturated rings. The number of anilines is 1. The van der Waals surface area contributed by atoms with Crippen LogP contribution < -0.4 is 16.0 Å². The standard InChI is InChI=1S/C24H26F3N5O3/c1-15-5-7-17(8-6-15)21(33)29-14-19-4-2-3-13-32(19)23(35)30-18-11-9-16(10-12-18)20(28)31-22(34)24(25,26)27/h5-12,19H,2-4,13-14H2,1H3,(H,29,33)(H,30,35)(H2,28,31,34). The highest BCUT2D eigenvalue weighted by Crippen LogP contribution is 2.19. The van der Waals surface area contributed by atoms with E-state index in [0.29, 0.717) is 24.3 Å². The first-order valence-corrected chi connectivity index (χ1v) is 11.0.